The number of hydrogen-bond donors (Lipinski definition) is 2. The molecule has 110 valence electrons. The zero-order chi connectivity index (χ0) is 15.1. The molecule has 2 N–H and O–H groups in total. The molecule has 21 heavy (non-hydrogen) atoms. The molecule has 0 aliphatic rings. The predicted octanol–water partition coefficient (Wildman–Crippen LogP) is 2.26. The number of carbonyl (C=O) groups excluding carboxylic acids is 2. The normalized spacial score (nSPS) is 9.95. The van der Waals surface area contributed by atoms with Crippen LogP contribution in [0.25, 0.3) is 0 Å². The third kappa shape index (κ3) is 4.32. The van der Waals surface area contributed by atoms with E-state index in [1.807, 2.05) is 17.5 Å². The molecular weight excluding hydrogens is 288 g/mol. The zero-order valence-electron chi connectivity index (χ0n) is 11.6. The quantitative estimate of drug-likeness (QED) is 0.803. The number of ether oxygens (including phenoxy) is 1. The highest BCUT2D eigenvalue weighted by molar-refractivity contribution is 7.09. The van der Waals surface area contributed by atoms with E-state index in [1.165, 1.54) is 7.11 Å². The van der Waals surface area contributed by atoms with Crippen molar-refractivity contribution in [3.63, 3.8) is 0 Å². The van der Waals surface area contributed by atoms with Gasteiger partial charge in [0, 0.05) is 10.6 Å². The summed E-state index contributed by atoms with van der Waals surface area (Å²) in [7, 11) is 1.33. The Hall–Kier alpha value is -2.34. The number of nitrogens with one attached hydrogen (secondary N) is 2. The van der Waals surface area contributed by atoms with Gasteiger partial charge in [-0.05, 0) is 23.6 Å². The molecule has 1 amide bonds. The molecule has 0 unspecified atom stereocenters. The molecule has 0 bridgehead atoms. The Morgan fingerprint density at radius 3 is 2.71 bits per heavy atom. The first-order valence-corrected chi connectivity index (χ1v) is 7.29. The van der Waals surface area contributed by atoms with Crippen LogP contribution in [0.2, 0.25) is 0 Å². The third-order valence-electron chi connectivity index (χ3n) is 2.81. The number of hydrogen-bond acceptors (Lipinski definition) is 5. The van der Waals surface area contributed by atoms with Gasteiger partial charge in [-0.25, -0.2) is 4.79 Å². The molecule has 1 aromatic carbocycles. The number of carbonyl (C=O) groups is 2. The third-order valence-corrected chi connectivity index (χ3v) is 3.69. The van der Waals surface area contributed by atoms with Crippen molar-refractivity contribution in [2.45, 2.75) is 6.54 Å². The van der Waals surface area contributed by atoms with Crippen molar-refractivity contribution in [2.75, 3.05) is 19.0 Å². The summed E-state index contributed by atoms with van der Waals surface area (Å²) >= 11 is 1.59. The summed E-state index contributed by atoms with van der Waals surface area (Å²) in [6.07, 6.45) is 0. The molecule has 0 aliphatic carbocycles. The topological polar surface area (TPSA) is 67.4 Å². The summed E-state index contributed by atoms with van der Waals surface area (Å²) in [4.78, 5) is 24.5. The van der Waals surface area contributed by atoms with E-state index in [1.54, 1.807) is 35.6 Å². The van der Waals surface area contributed by atoms with Gasteiger partial charge in [0.2, 0.25) is 5.91 Å². The first-order valence-electron chi connectivity index (χ1n) is 6.41. The molecule has 0 radical (unpaired) electrons. The molecule has 5 nitrogen and oxygen atoms in total. The summed E-state index contributed by atoms with van der Waals surface area (Å²) in [6.45, 7) is 0.607. The fourth-order valence-electron chi connectivity index (χ4n) is 1.76. The zero-order valence-corrected chi connectivity index (χ0v) is 12.4. The second-order valence-electron chi connectivity index (χ2n) is 4.25. The molecule has 0 fully saturated rings. The number of para-hydroxylation sites is 1. The molecule has 0 spiro atoms. The van der Waals surface area contributed by atoms with Crippen LogP contribution in [-0.2, 0) is 16.1 Å². The lowest BCUT2D eigenvalue weighted by Crippen LogP contribution is -2.29. The molecule has 1 aromatic heterocycles. The minimum Gasteiger partial charge on any atom is -0.465 e. The van der Waals surface area contributed by atoms with Crippen LogP contribution in [0.5, 0.6) is 0 Å². The van der Waals surface area contributed by atoms with E-state index in [0.29, 0.717) is 17.8 Å². The number of anilines is 1. The molecule has 2 rings (SSSR count). The number of esters is 1. The van der Waals surface area contributed by atoms with E-state index in [0.717, 1.165) is 4.88 Å². The van der Waals surface area contributed by atoms with E-state index < -0.39 is 5.97 Å². The van der Waals surface area contributed by atoms with E-state index in [4.69, 9.17) is 4.74 Å². The standard InChI is InChI=1S/C15H16N2O3S/c1-20-15(19)12-6-2-3-7-13(12)16-10-14(18)17-9-11-5-4-8-21-11/h2-8,16H,9-10H2,1H3,(H,17,18). The van der Waals surface area contributed by atoms with Crippen molar-refractivity contribution in [3.8, 4) is 0 Å². The van der Waals surface area contributed by atoms with Crippen LogP contribution in [0, 0.1) is 0 Å². The maximum absolute atomic E-state index is 11.8. The first-order chi connectivity index (χ1) is 10.2. The fourth-order valence-corrected chi connectivity index (χ4v) is 2.41. The molecule has 0 aliphatic heterocycles. The van der Waals surface area contributed by atoms with Gasteiger partial charge in [-0.1, -0.05) is 18.2 Å². The smallest absolute Gasteiger partial charge is 0.339 e. The summed E-state index contributed by atoms with van der Waals surface area (Å²) < 4.78 is 4.70. The highest BCUT2D eigenvalue weighted by Crippen LogP contribution is 2.15. The Morgan fingerprint density at radius 2 is 2.00 bits per heavy atom. The Kier molecular flexibility index (Phi) is 5.34. The van der Waals surface area contributed by atoms with Crippen LogP contribution in [0.1, 0.15) is 15.2 Å². The molecule has 6 heteroatoms. The molecule has 1 heterocycles. The highest BCUT2D eigenvalue weighted by Gasteiger charge is 2.11. The van der Waals surface area contributed by atoms with Crippen LogP contribution in [0.15, 0.2) is 41.8 Å². The summed E-state index contributed by atoms with van der Waals surface area (Å²) in [5, 5.41) is 7.72. The lowest BCUT2D eigenvalue weighted by Gasteiger charge is -2.10. The minimum absolute atomic E-state index is 0.0966. The van der Waals surface area contributed by atoms with E-state index in [2.05, 4.69) is 10.6 Å². The largest absolute Gasteiger partial charge is 0.465 e. The van der Waals surface area contributed by atoms with Crippen molar-refractivity contribution in [1.82, 2.24) is 5.32 Å². The Morgan fingerprint density at radius 1 is 1.19 bits per heavy atom. The van der Waals surface area contributed by atoms with Crippen molar-refractivity contribution in [1.29, 1.82) is 0 Å². The molecule has 0 atom stereocenters. The van der Waals surface area contributed by atoms with Gasteiger partial charge in [-0.3, -0.25) is 4.79 Å². The van der Waals surface area contributed by atoms with Crippen LogP contribution in [-0.4, -0.2) is 25.5 Å². The maximum Gasteiger partial charge on any atom is 0.339 e. The summed E-state index contributed by atoms with van der Waals surface area (Å²) in [5.41, 5.74) is 0.988. The van der Waals surface area contributed by atoms with Crippen molar-refractivity contribution in [2.24, 2.45) is 0 Å². The number of amides is 1. The molecular formula is C15H16N2O3S. The Labute approximate surface area is 126 Å². The number of methoxy groups -OCH3 is 1. The fraction of sp³-hybridized carbons (Fsp3) is 0.200. The number of benzene rings is 1. The number of thiophene rings is 1. The first kappa shape index (κ1) is 15.1. The highest BCUT2D eigenvalue weighted by atomic mass is 32.1. The second kappa shape index (κ2) is 7.44. The summed E-state index contributed by atoms with van der Waals surface area (Å²) in [5.74, 6) is -0.569. The maximum atomic E-state index is 11.8. The minimum atomic E-state index is -0.433. The lowest BCUT2D eigenvalue weighted by atomic mass is 10.2. The average Bonchev–Trinajstić information content (AvgIpc) is 3.04. The van der Waals surface area contributed by atoms with Crippen LogP contribution >= 0.6 is 11.3 Å². The van der Waals surface area contributed by atoms with Gasteiger partial charge >= 0.3 is 5.97 Å². The van der Waals surface area contributed by atoms with Gasteiger partial charge < -0.3 is 15.4 Å². The van der Waals surface area contributed by atoms with Crippen LogP contribution < -0.4 is 10.6 Å². The molecule has 0 saturated heterocycles. The predicted molar refractivity (Wildman–Crippen MR) is 82.4 cm³/mol. The van der Waals surface area contributed by atoms with Gasteiger partial charge in [0.1, 0.15) is 0 Å². The average molecular weight is 304 g/mol. The van der Waals surface area contributed by atoms with Gasteiger partial charge in [0.05, 0.1) is 25.8 Å². The summed E-state index contributed by atoms with van der Waals surface area (Å²) in [6, 6.07) is 10.8. The van der Waals surface area contributed by atoms with Crippen molar-refractivity contribution >= 4 is 28.9 Å². The lowest BCUT2D eigenvalue weighted by molar-refractivity contribution is -0.119. The van der Waals surface area contributed by atoms with Crippen LogP contribution in [0.4, 0.5) is 5.69 Å². The Bertz CT molecular complexity index is 611. The van der Waals surface area contributed by atoms with E-state index in [-0.39, 0.29) is 12.5 Å². The Balaban J connectivity index is 1.88. The van der Waals surface area contributed by atoms with Gasteiger partial charge in [0.15, 0.2) is 0 Å². The molecule has 2 aromatic rings. The van der Waals surface area contributed by atoms with Crippen molar-refractivity contribution < 1.29 is 14.3 Å². The van der Waals surface area contributed by atoms with E-state index in [9.17, 15) is 9.59 Å². The van der Waals surface area contributed by atoms with Gasteiger partial charge in [0.25, 0.3) is 0 Å². The van der Waals surface area contributed by atoms with Gasteiger partial charge in [-0.15, -0.1) is 11.3 Å². The van der Waals surface area contributed by atoms with Gasteiger partial charge in [-0.2, -0.15) is 0 Å². The second-order valence-corrected chi connectivity index (χ2v) is 5.28. The van der Waals surface area contributed by atoms with Crippen molar-refractivity contribution in [3.05, 3.63) is 52.2 Å². The van der Waals surface area contributed by atoms with Crippen LogP contribution in [0.3, 0.4) is 0 Å². The SMILES string of the molecule is COC(=O)c1ccccc1NCC(=O)NCc1cccs1. The monoisotopic (exact) mass is 304 g/mol. The number of rotatable bonds is 6. The molecule has 0 saturated carbocycles. The van der Waals surface area contributed by atoms with E-state index >= 15 is 0 Å².